The van der Waals surface area contributed by atoms with Crippen molar-refractivity contribution in [1.82, 2.24) is 9.97 Å². The quantitative estimate of drug-likeness (QED) is 0.265. The topological polar surface area (TPSA) is 118 Å². The van der Waals surface area contributed by atoms with Crippen molar-refractivity contribution in [2.45, 2.75) is 38.1 Å². The fraction of sp³-hybridized carbons (Fsp3) is 0.273. The Morgan fingerprint density at radius 2 is 1.52 bits per heavy atom. The third kappa shape index (κ3) is 5.39. The highest BCUT2D eigenvalue weighted by atomic mass is 16.6. The van der Waals surface area contributed by atoms with Gasteiger partial charge in [0.2, 0.25) is 11.6 Å². The Labute approximate surface area is 179 Å². The Morgan fingerprint density at radius 3 is 2.19 bits per heavy atom. The molecule has 0 unspecified atom stereocenters. The van der Waals surface area contributed by atoms with E-state index in [1.165, 1.54) is 12.7 Å². The number of anilines is 3. The lowest BCUT2D eigenvalue weighted by Gasteiger charge is -2.23. The Kier molecular flexibility index (Phi) is 6.41. The zero-order chi connectivity index (χ0) is 21.5. The summed E-state index contributed by atoms with van der Waals surface area (Å²) < 4.78 is 0. The van der Waals surface area contributed by atoms with Crippen molar-refractivity contribution in [3.63, 3.8) is 0 Å². The van der Waals surface area contributed by atoms with Crippen LogP contribution in [0.4, 0.5) is 34.4 Å². The number of hydrogen-bond donors (Lipinski definition) is 2. The maximum absolute atomic E-state index is 11.8. The van der Waals surface area contributed by atoms with Gasteiger partial charge < -0.3 is 10.6 Å². The van der Waals surface area contributed by atoms with Crippen molar-refractivity contribution >= 4 is 34.4 Å². The molecule has 4 rings (SSSR count). The minimum Gasteiger partial charge on any atom is -0.361 e. The van der Waals surface area contributed by atoms with Crippen molar-refractivity contribution in [2.75, 3.05) is 10.6 Å². The Hall–Kier alpha value is -3.88. The van der Waals surface area contributed by atoms with Gasteiger partial charge in [-0.3, -0.25) is 10.1 Å². The molecule has 0 aliphatic heterocycles. The van der Waals surface area contributed by atoms with Gasteiger partial charge >= 0.3 is 5.69 Å². The molecule has 9 nitrogen and oxygen atoms in total. The van der Waals surface area contributed by atoms with Crippen LogP contribution in [0.25, 0.3) is 0 Å². The Bertz CT molecular complexity index is 1050. The van der Waals surface area contributed by atoms with Gasteiger partial charge in [0.15, 0.2) is 0 Å². The smallest absolute Gasteiger partial charge is 0.353 e. The zero-order valence-electron chi connectivity index (χ0n) is 16.9. The molecule has 2 N–H and O–H groups in total. The number of nitro groups is 1. The normalized spacial score (nSPS) is 14.5. The van der Waals surface area contributed by atoms with Crippen molar-refractivity contribution in [3.8, 4) is 0 Å². The van der Waals surface area contributed by atoms with Gasteiger partial charge in [0, 0.05) is 11.7 Å². The van der Waals surface area contributed by atoms with Gasteiger partial charge in [0.1, 0.15) is 6.33 Å². The lowest BCUT2D eigenvalue weighted by Crippen LogP contribution is -2.23. The van der Waals surface area contributed by atoms with E-state index < -0.39 is 4.92 Å². The van der Waals surface area contributed by atoms with Crippen LogP contribution in [0.3, 0.4) is 0 Å². The van der Waals surface area contributed by atoms with E-state index in [2.05, 4.69) is 30.8 Å². The molecule has 2 aromatic carbocycles. The van der Waals surface area contributed by atoms with Crippen molar-refractivity contribution in [1.29, 1.82) is 0 Å². The Balaban J connectivity index is 1.50. The van der Waals surface area contributed by atoms with Gasteiger partial charge in [-0.05, 0) is 49.2 Å². The first-order valence-electron chi connectivity index (χ1n) is 10.3. The van der Waals surface area contributed by atoms with Crippen LogP contribution >= 0.6 is 0 Å². The van der Waals surface area contributed by atoms with Gasteiger partial charge in [-0.2, -0.15) is 10.2 Å². The minimum atomic E-state index is -0.448. The van der Waals surface area contributed by atoms with Crippen LogP contribution in [0, 0.1) is 10.1 Å². The number of azo groups is 1. The summed E-state index contributed by atoms with van der Waals surface area (Å²) >= 11 is 0. The minimum absolute atomic E-state index is 0.150. The van der Waals surface area contributed by atoms with Crippen LogP contribution in [0.15, 0.2) is 71.2 Å². The summed E-state index contributed by atoms with van der Waals surface area (Å²) in [5, 5.41) is 26.4. The first-order valence-corrected chi connectivity index (χ1v) is 10.3. The maximum Gasteiger partial charge on any atom is 0.353 e. The average molecular weight is 417 g/mol. The van der Waals surface area contributed by atoms with Gasteiger partial charge in [0.25, 0.3) is 0 Å². The van der Waals surface area contributed by atoms with Crippen molar-refractivity contribution in [2.24, 2.45) is 10.2 Å². The second-order valence-corrected chi connectivity index (χ2v) is 7.36. The molecule has 0 atom stereocenters. The fourth-order valence-electron chi connectivity index (χ4n) is 3.55. The molecule has 1 aliphatic carbocycles. The highest BCUT2D eigenvalue weighted by Gasteiger charge is 2.25. The molecule has 3 aromatic rings. The van der Waals surface area contributed by atoms with Crippen LogP contribution < -0.4 is 10.6 Å². The number of benzene rings is 2. The van der Waals surface area contributed by atoms with Gasteiger partial charge in [-0.15, -0.1) is 0 Å². The molecule has 1 aromatic heterocycles. The number of nitrogens with one attached hydrogen (secondary N) is 2. The van der Waals surface area contributed by atoms with E-state index in [0.29, 0.717) is 11.4 Å². The van der Waals surface area contributed by atoms with Crippen molar-refractivity contribution in [3.05, 3.63) is 71.0 Å². The Morgan fingerprint density at radius 1 is 0.871 bits per heavy atom. The zero-order valence-corrected chi connectivity index (χ0v) is 16.9. The van der Waals surface area contributed by atoms with Crippen LogP contribution in [0.2, 0.25) is 0 Å². The second-order valence-electron chi connectivity index (χ2n) is 7.36. The van der Waals surface area contributed by atoms with Gasteiger partial charge in [-0.1, -0.05) is 37.5 Å². The number of nitrogens with zero attached hydrogens (tertiary/aromatic N) is 5. The van der Waals surface area contributed by atoms with E-state index in [0.717, 1.165) is 31.4 Å². The first-order chi connectivity index (χ1) is 15.2. The molecular weight excluding hydrogens is 394 g/mol. The molecule has 1 fully saturated rings. The molecule has 0 amide bonds. The monoisotopic (exact) mass is 417 g/mol. The largest absolute Gasteiger partial charge is 0.361 e. The third-order valence-corrected chi connectivity index (χ3v) is 5.12. The molecule has 0 bridgehead atoms. The summed E-state index contributed by atoms with van der Waals surface area (Å²) in [6, 6.07) is 16.8. The molecule has 31 heavy (non-hydrogen) atoms. The molecule has 9 heteroatoms. The standard InChI is InChI=1S/C22H23N7O2/c30-29(31)20-21(25-16-7-3-1-4-8-16)23-15-24-22(20)26-17-11-13-19(14-12-17)28-27-18-9-5-2-6-10-18/h2,5-6,9-16H,1,3-4,7-8H2,(H2,23,24,25,26). The lowest BCUT2D eigenvalue weighted by atomic mass is 9.95. The second kappa shape index (κ2) is 9.75. The number of rotatable bonds is 7. The third-order valence-electron chi connectivity index (χ3n) is 5.12. The first kappa shape index (κ1) is 20.4. The van der Waals surface area contributed by atoms with E-state index in [1.807, 2.05) is 30.3 Å². The SMILES string of the molecule is O=[N+]([O-])c1c(Nc2ccc(N=Nc3ccccc3)cc2)ncnc1NC1CCCCC1. The summed E-state index contributed by atoms with van der Waals surface area (Å²) in [7, 11) is 0. The summed E-state index contributed by atoms with van der Waals surface area (Å²) in [4.78, 5) is 19.6. The van der Waals surface area contributed by atoms with E-state index in [4.69, 9.17) is 0 Å². The highest BCUT2D eigenvalue weighted by molar-refractivity contribution is 5.74. The molecule has 158 valence electrons. The number of hydrogen-bond acceptors (Lipinski definition) is 8. The molecule has 0 spiro atoms. The summed E-state index contributed by atoms with van der Waals surface area (Å²) in [5.74, 6) is 0.402. The summed E-state index contributed by atoms with van der Waals surface area (Å²) in [6.07, 6.45) is 6.76. The van der Waals surface area contributed by atoms with Crippen LogP contribution in [-0.2, 0) is 0 Å². The van der Waals surface area contributed by atoms with Gasteiger partial charge in [0.05, 0.1) is 16.3 Å². The van der Waals surface area contributed by atoms with E-state index in [9.17, 15) is 10.1 Å². The average Bonchev–Trinajstić information content (AvgIpc) is 2.80. The molecule has 0 radical (unpaired) electrons. The van der Waals surface area contributed by atoms with E-state index in [-0.39, 0.29) is 23.4 Å². The molecule has 1 heterocycles. The lowest BCUT2D eigenvalue weighted by molar-refractivity contribution is -0.383. The van der Waals surface area contributed by atoms with E-state index in [1.54, 1.807) is 24.3 Å². The van der Waals surface area contributed by atoms with E-state index >= 15 is 0 Å². The van der Waals surface area contributed by atoms with Crippen LogP contribution in [-0.4, -0.2) is 20.9 Å². The highest BCUT2D eigenvalue weighted by Crippen LogP contribution is 2.33. The number of aromatic nitrogens is 2. The van der Waals surface area contributed by atoms with Crippen LogP contribution in [0.5, 0.6) is 0 Å². The van der Waals surface area contributed by atoms with Gasteiger partial charge in [-0.25, -0.2) is 9.97 Å². The molecule has 1 aliphatic rings. The predicted molar refractivity (Wildman–Crippen MR) is 120 cm³/mol. The predicted octanol–water partition coefficient (Wildman–Crippen LogP) is 6.29. The molecule has 1 saturated carbocycles. The maximum atomic E-state index is 11.8. The van der Waals surface area contributed by atoms with Crippen molar-refractivity contribution < 1.29 is 4.92 Å². The van der Waals surface area contributed by atoms with Crippen LogP contribution in [0.1, 0.15) is 32.1 Å². The fourth-order valence-corrected chi connectivity index (χ4v) is 3.55. The molecule has 0 saturated heterocycles. The summed E-state index contributed by atoms with van der Waals surface area (Å²) in [5.41, 5.74) is 1.94. The summed E-state index contributed by atoms with van der Waals surface area (Å²) in [6.45, 7) is 0. The molecular formula is C22H23N7O2.